The number of hydrogen-bond acceptors (Lipinski definition) is 7. The van der Waals surface area contributed by atoms with Crippen LogP contribution in [0.25, 0.3) is 0 Å². The lowest BCUT2D eigenvalue weighted by Gasteiger charge is -2.11. The summed E-state index contributed by atoms with van der Waals surface area (Å²) < 4.78 is 12.7. The predicted molar refractivity (Wildman–Crippen MR) is 134 cm³/mol. The molecule has 5 N–H and O–H groups in total. The Kier molecular flexibility index (Phi) is 9.74. The molecule has 33 heavy (non-hydrogen) atoms. The number of nitrogens with zero attached hydrogens (tertiary/aromatic N) is 1. The van der Waals surface area contributed by atoms with Gasteiger partial charge < -0.3 is 25.8 Å². The molecule has 0 saturated carbocycles. The third kappa shape index (κ3) is 8.20. The zero-order valence-electron chi connectivity index (χ0n) is 18.6. The highest BCUT2D eigenvalue weighted by Gasteiger charge is 2.21. The molecule has 8 nitrogen and oxygen atoms in total. The number of benzene rings is 1. The van der Waals surface area contributed by atoms with Gasteiger partial charge in [0.2, 0.25) is 6.35 Å². The second-order valence-electron chi connectivity index (χ2n) is 7.41. The quantitative estimate of drug-likeness (QED) is 0.388. The van der Waals surface area contributed by atoms with Gasteiger partial charge in [0, 0.05) is 29.4 Å². The fraction of sp³-hybridized carbons (Fsp3) is 0.333. The predicted octanol–water partition coefficient (Wildman–Crippen LogP) is 4.27. The molecule has 176 valence electrons. The van der Waals surface area contributed by atoms with Gasteiger partial charge >= 0.3 is 0 Å². The Labute approximate surface area is 202 Å². The number of anilines is 1. The lowest BCUT2D eigenvalue weighted by molar-refractivity contribution is 0.0995. The first-order chi connectivity index (χ1) is 16.0. The molecule has 1 fully saturated rings. The molecule has 3 heterocycles. The number of pyridine rings is 1. The van der Waals surface area contributed by atoms with Crippen LogP contribution in [-0.2, 0) is 0 Å². The summed E-state index contributed by atoms with van der Waals surface area (Å²) in [6.45, 7) is 5.23. The lowest BCUT2D eigenvalue weighted by Crippen LogP contribution is -2.37. The van der Waals surface area contributed by atoms with E-state index < -0.39 is 5.91 Å². The molecule has 1 unspecified atom stereocenters. The molecule has 1 aromatic heterocycles. The molecular weight excluding hydrogens is 486 g/mol. The van der Waals surface area contributed by atoms with Gasteiger partial charge in [0.1, 0.15) is 22.9 Å². The van der Waals surface area contributed by atoms with Crippen LogP contribution in [0.5, 0.6) is 17.2 Å². The van der Waals surface area contributed by atoms with E-state index in [9.17, 15) is 4.79 Å². The summed E-state index contributed by atoms with van der Waals surface area (Å²) in [6, 6.07) is 8.61. The molecule has 2 aliphatic heterocycles. The SMILES string of the molecule is C1CCNC1.CC/C=C(Br)\C=C/CNC1Nc2cc(Oc3ccnc(C(N)=O)c3)ccc2O1. The number of ether oxygens (including phenoxy) is 2. The zero-order valence-corrected chi connectivity index (χ0v) is 20.2. The van der Waals surface area contributed by atoms with E-state index in [1.165, 1.54) is 38.2 Å². The molecular formula is C24H30BrN5O3. The molecule has 1 atom stereocenters. The Morgan fingerprint density at radius 1 is 1.30 bits per heavy atom. The number of primary amides is 1. The Hall–Kier alpha value is -2.88. The summed E-state index contributed by atoms with van der Waals surface area (Å²) in [7, 11) is 0. The minimum Gasteiger partial charge on any atom is -0.457 e. The standard InChI is InChI=1S/C20H21BrN4O3.C4H9N/c1-2-4-13(21)5-3-9-24-20-25-16-11-14(6-7-18(16)28-20)27-15-8-10-23-17(12-15)19(22)26;1-2-4-5-3-1/h3-8,10-12,20,24-25H,2,9H2,1H3,(H2,22,26);5H,1-4H2/b5-3-,13-4+;. The van der Waals surface area contributed by atoms with E-state index in [0.29, 0.717) is 18.0 Å². The maximum Gasteiger partial charge on any atom is 0.267 e. The molecule has 0 aliphatic carbocycles. The van der Waals surface area contributed by atoms with E-state index in [0.717, 1.165) is 22.3 Å². The van der Waals surface area contributed by atoms with E-state index in [2.05, 4.69) is 49.9 Å². The number of nitrogens with two attached hydrogens (primary N) is 1. The number of halogens is 1. The van der Waals surface area contributed by atoms with Gasteiger partial charge in [-0.15, -0.1) is 0 Å². The van der Waals surface area contributed by atoms with Crippen LogP contribution < -0.4 is 31.2 Å². The summed E-state index contributed by atoms with van der Waals surface area (Å²) >= 11 is 3.48. The lowest BCUT2D eigenvalue weighted by atomic mass is 10.3. The van der Waals surface area contributed by atoms with Gasteiger partial charge in [-0.1, -0.05) is 41.1 Å². The van der Waals surface area contributed by atoms with Crippen molar-refractivity contribution in [2.45, 2.75) is 32.5 Å². The molecule has 0 spiro atoms. The highest BCUT2D eigenvalue weighted by Crippen LogP contribution is 2.35. The molecule has 0 radical (unpaired) electrons. The first-order valence-electron chi connectivity index (χ1n) is 11.0. The van der Waals surface area contributed by atoms with Crippen LogP contribution in [0.3, 0.4) is 0 Å². The summed E-state index contributed by atoms with van der Waals surface area (Å²) in [5, 5.41) is 9.71. The van der Waals surface area contributed by atoms with Gasteiger partial charge in [-0.2, -0.15) is 0 Å². The molecule has 4 rings (SSSR count). The van der Waals surface area contributed by atoms with E-state index in [4.69, 9.17) is 15.2 Å². The van der Waals surface area contributed by atoms with Gasteiger partial charge in [0.15, 0.2) is 0 Å². The first kappa shape index (κ1) is 24.8. The average Bonchev–Trinajstić information content (AvgIpc) is 3.50. The van der Waals surface area contributed by atoms with Gasteiger partial charge in [0.25, 0.3) is 5.91 Å². The minimum absolute atomic E-state index is 0.151. The van der Waals surface area contributed by atoms with Crippen molar-refractivity contribution in [3.63, 3.8) is 0 Å². The van der Waals surface area contributed by atoms with Gasteiger partial charge in [-0.3, -0.25) is 15.1 Å². The maximum atomic E-state index is 11.2. The van der Waals surface area contributed by atoms with Crippen molar-refractivity contribution < 1.29 is 14.3 Å². The average molecular weight is 516 g/mol. The highest BCUT2D eigenvalue weighted by molar-refractivity contribution is 9.11. The van der Waals surface area contributed by atoms with Crippen molar-refractivity contribution in [3.05, 3.63) is 64.9 Å². The summed E-state index contributed by atoms with van der Waals surface area (Å²) in [5.74, 6) is 1.21. The van der Waals surface area contributed by atoms with Crippen molar-refractivity contribution in [1.29, 1.82) is 0 Å². The number of allylic oxidation sites excluding steroid dienone is 3. The van der Waals surface area contributed by atoms with Crippen LogP contribution in [-0.4, -0.2) is 36.9 Å². The molecule has 2 aromatic rings. The Morgan fingerprint density at radius 3 is 2.79 bits per heavy atom. The number of aromatic nitrogens is 1. The number of fused-ring (bicyclic) bond motifs is 1. The monoisotopic (exact) mass is 515 g/mol. The van der Waals surface area contributed by atoms with Crippen molar-refractivity contribution in [3.8, 4) is 17.2 Å². The van der Waals surface area contributed by atoms with E-state index in [1.807, 2.05) is 24.3 Å². The first-order valence-corrected chi connectivity index (χ1v) is 11.8. The van der Waals surface area contributed by atoms with Gasteiger partial charge in [-0.25, -0.2) is 0 Å². The Balaban J connectivity index is 0.000000541. The Morgan fingerprint density at radius 2 is 2.09 bits per heavy atom. The largest absolute Gasteiger partial charge is 0.457 e. The molecule has 1 aromatic carbocycles. The fourth-order valence-electron chi connectivity index (χ4n) is 3.16. The third-order valence-corrected chi connectivity index (χ3v) is 5.34. The van der Waals surface area contributed by atoms with Crippen LogP contribution >= 0.6 is 15.9 Å². The number of carbonyl (C=O) groups is 1. The smallest absolute Gasteiger partial charge is 0.267 e. The van der Waals surface area contributed by atoms with Crippen LogP contribution in [0.15, 0.2) is 59.2 Å². The van der Waals surface area contributed by atoms with Crippen molar-refractivity contribution in [1.82, 2.24) is 15.6 Å². The van der Waals surface area contributed by atoms with Crippen LogP contribution in [0.1, 0.15) is 36.7 Å². The highest BCUT2D eigenvalue weighted by atomic mass is 79.9. The molecule has 1 saturated heterocycles. The topological polar surface area (TPSA) is 111 Å². The van der Waals surface area contributed by atoms with Crippen molar-refractivity contribution in [2.75, 3.05) is 25.0 Å². The number of carbonyl (C=O) groups excluding carboxylic acids is 1. The second-order valence-corrected chi connectivity index (χ2v) is 8.32. The van der Waals surface area contributed by atoms with Crippen LogP contribution in [0, 0.1) is 0 Å². The molecule has 9 heteroatoms. The maximum absolute atomic E-state index is 11.2. The van der Waals surface area contributed by atoms with Crippen LogP contribution in [0.4, 0.5) is 5.69 Å². The number of amides is 1. The number of hydrogen-bond donors (Lipinski definition) is 4. The zero-order chi connectivity index (χ0) is 23.5. The normalized spacial score (nSPS) is 17.0. The third-order valence-electron chi connectivity index (χ3n) is 4.76. The van der Waals surface area contributed by atoms with Gasteiger partial charge in [-0.05, 0) is 50.6 Å². The molecule has 2 aliphatic rings. The molecule has 0 bridgehead atoms. The molecule has 1 amide bonds. The van der Waals surface area contributed by atoms with Gasteiger partial charge in [0.05, 0.1) is 5.69 Å². The van der Waals surface area contributed by atoms with E-state index >= 15 is 0 Å². The van der Waals surface area contributed by atoms with E-state index in [-0.39, 0.29) is 12.0 Å². The number of nitrogens with one attached hydrogen (secondary N) is 3. The van der Waals surface area contributed by atoms with Crippen molar-refractivity contribution in [2.24, 2.45) is 5.73 Å². The van der Waals surface area contributed by atoms with E-state index in [1.54, 1.807) is 12.1 Å². The van der Waals surface area contributed by atoms with Crippen molar-refractivity contribution >= 4 is 27.5 Å². The number of rotatable bonds is 8. The minimum atomic E-state index is -0.602. The summed E-state index contributed by atoms with van der Waals surface area (Å²) in [4.78, 5) is 15.1. The second kappa shape index (κ2) is 13.0. The summed E-state index contributed by atoms with van der Waals surface area (Å²) in [5.41, 5.74) is 6.21. The van der Waals surface area contributed by atoms with Crippen LogP contribution in [0.2, 0.25) is 0 Å². The summed E-state index contributed by atoms with van der Waals surface area (Å²) in [6.07, 6.45) is 11.0. The fourth-order valence-corrected chi connectivity index (χ4v) is 3.67. The Bertz CT molecular complexity index is 984.